The third-order valence-electron chi connectivity index (χ3n) is 8.30. The van der Waals surface area contributed by atoms with Gasteiger partial charge in [0.2, 0.25) is 11.8 Å². The number of rotatable bonds is 5. The summed E-state index contributed by atoms with van der Waals surface area (Å²) >= 11 is 0. The van der Waals surface area contributed by atoms with Crippen molar-refractivity contribution in [1.29, 1.82) is 0 Å². The molecule has 0 aromatic heterocycles. The number of nitrogens with one attached hydrogen (secondary N) is 1. The number of aliphatic carboxylic acids is 1. The van der Waals surface area contributed by atoms with Crippen molar-refractivity contribution in [2.24, 2.45) is 11.8 Å². The smallest absolute Gasteiger partial charge is 0.325 e. The number of fused-ring (bicyclic) bond motifs is 1. The maximum Gasteiger partial charge on any atom is 0.325 e. The zero-order valence-electron chi connectivity index (χ0n) is 20.5. The van der Waals surface area contributed by atoms with E-state index in [9.17, 15) is 29.7 Å². The van der Waals surface area contributed by atoms with Crippen molar-refractivity contribution in [3.05, 3.63) is 58.7 Å². The third kappa shape index (κ3) is 3.75. The fourth-order valence-corrected chi connectivity index (χ4v) is 6.55. The van der Waals surface area contributed by atoms with E-state index in [1.165, 1.54) is 17.0 Å². The monoisotopic (exact) mass is 492 g/mol. The van der Waals surface area contributed by atoms with Gasteiger partial charge >= 0.3 is 5.97 Å². The molecule has 0 bridgehead atoms. The number of carboxylic acids is 1. The number of carbonyl (C=O) groups excluding carboxylic acids is 2. The molecule has 36 heavy (non-hydrogen) atoms. The van der Waals surface area contributed by atoms with Gasteiger partial charge in [-0.05, 0) is 61.1 Å². The highest BCUT2D eigenvalue weighted by molar-refractivity contribution is 6.09. The maximum absolute atomic E-state index is 13.9. The topological polar surface area (TPSA) is 127 Å². The summed E-state index contributed by atoms with van der Waals surface area (Å²) in [6.07, 6.45) is 4.40. The number of amides is 2. The Kier molecular flexibility index (Phi) is 6.03. The molecule has 1 aliphatic carbocycles. The molecule has 1 saturated carbocycles. The molecule has 0 spiro atoms. The number of carboxylic acid groups (broad SMARTS) is 1. The van der Waals surface area contributed by atoms with Crippen molar-refractivity contribution in [2.75, 3.05) is 0 Å². The third-order valence-corrected chi connectivity index (χ3v) is 8.30. The Labute approximate surface area is 209 Å². The molecule has 2 amide bonds. The normalized spacial score (nSPS) is 28.5. The fourth-order valence-electron chi connectivity index (χ4n) is 6.55. The van der Waals surface area contributed by atoms with Crippen LogP contribution in [0.3, 0.4) is 0 Å². The molecule has 4 atom stereocenters. The SMILES string of the molecule is Cc1cc(C2NC(Cc3ccc(O)cc3)(C(=O)O)C3C(=O)N(C4CCCCC4)C(=O)C23)cc(C)c1O. The van der Waals surface area contributed by atoms with Gasteiger partial charge in [0.25, 0.3) is 0 Å². The lowest BCUT2D eigenvalue weighted by atomic mass is 9.76. The van der Waals surface area contributed by atoms with Crippen molar-refractivity contribution in [3.8, 4) is 11.5 Å². The molecule has 5 rings (SSSR count). The molecule has 2 heterocycles. The Bertz CT molecular complexity index is 1200. The van der Waals surface area contributed by atoms with E-state index in [-0.39, 0.29) is 29.9 Å². The molecule has 4 N–H and O–H groups in total. The summed E-state index contributed by atoms with van der Waals surface area (Å²) in [5, 5.41) is 33.9. The van der Waals surface area contributed by atoms with Crippen LogP contribution in [0.1, 0.15) is 60.4 Å². The molecule has 3 aliphatic rings. The van der Waals surface area contributed by atoms with E-state index in [1.54, 1.807) is 38.1 Å². The lowest BCUT2D eigenvalue weighted by molar-refractivity contribution is -0.152. The Hall–Kier alpha value is -3.39. The van der Waals surface area contributed by atoms with E-state index in [0.717, 1.165) is 32.1 Å². The molecule has 8 heteroatoms. The first-order valence-electron chi connectivity index (χ1n) is 12.6. The summed E-state index contributed by atoms with van der Waals surface area (Å²) in [6.45, 7) is 3.52. The van der Waals surface area contributed by atoms with Gasteiger partial charge in [-0.1, -0.05) is 43.5 Å². The van der Waals surface area contributed by atoms with Crippen molar-refractivity contribution in [2.45, 2.75) is 70.0 Å². The highest BCUT2D eigenvalue weighted by Crippen LogP contribution is 2.51. The van der Waals surface area contributed by atoms with Gasteiger partial charge in [0, 0.05) is 18.5 Å². The molecule has 8 nitrogen and oxygen atoms in total. The van der Waals surface area contributed by atoms with Crippen LogP contribution in [0.25, 0.3) is 0 Å². The van der Waals surface area contributed by atoms with Crippen LogP contribution in [0.5, 0.6) is 11.5 Å². The molecular formula is C28H32N2O6. The molecule has 4 unspecified atom stereocenters. The number of hydrogen-bond donors (Lipinski definition) is 4. The molecular weight excluding hydrogens is 460 g/mol. The summed E-state index contributed by atoms with van der Waals surface area (Å²) in [5.74, 6) is -3.64. The van der Waals surface area contributed by atoms with Gasteiger partial charge in [-0.15, -0.1) is 0 Å². The number of benzene rings is 2. The second kappa shape index (κ2) is 8.92. The van der Waals surface area contributed by atoms with Gasteiger partial charge in [-0.2, -0.15) is 0 Å². The summed E-state index contributed by atoms with van der Waals surface area (Å²) in [4.78, 5) is 42.2. The largest absolute Gasteiger partial charge is 0.508 e. The van der Waals surface area contributed by atoms with Gasteiger partial charge < -0.3 is 15.3 Å². The fraction of sp³-hybridized carbons (Fsp3) is 0.464. The summed E-state index contributed by atoms with van der Waals surface area (Å²) in [6, 6.07) is 8.86. The minimum absolute atomic E-state index is 0.0200. The Morgan fingerprint density at radius 3 is 2.19 bits per heavy atom. The predicted molar refractivity (Wildman–Crippen MR) is 131 cm³/mol. The predicted octanol–water partition coefficient (Wildman–Crippen LogP) is 3.36. The molecule has 2 aliphatic heterocycles. The molecule has 2 aromatic carbocycles. The van der Waals surface area contributed by atoms with Gasteiger partial charge in [0.15, 0.2) is 0 Å². The highest BCUT2D eigenvalue weighted by Gasteiger charge is 2.69. The van der Waals surface area contributed by atoms with Crippen LogP contribution in [-0.2, 0) is 20.8 Å². The number of phenols is 2. The second-order valence-corrected chi connectivity index (χ2v) is 10.6. The minimum atomic E-state index is -1.71. The van der Waals surface area contributed by atoms with Gasteiger partial charge in [0.05, 0.1) is 11.8 Å². The second-order valence-electron chi connectivity index (χ2n) is 10.6. The molecule has 190 valence electrons. The van der Waals surface area contributed by atoms with Crippen molar-refractivity contribution in [1.82, 2.24) is 10.2 Å². The quantitative estimate of drug-likeness (QED) is 0.471. The first-order valence-corrected chi connectivity index (χ1v) is 12.6. The lowest BCUT2D eigenvalue weighted by Crippen LogP contribution is -2.58. The summed E-state index contributed by atoms with van der Waals surface area (Å²) in [7, 11) is 0. The number of aromatic hydroxyl groups is 2. The van der Waals surface area contributed by atoms with Crippen LogP contribution >= 0.6 is 0 Å². The molecule has 2 saturated heterocycles. The number of aryl methyl sites for hydroxylation is 2. The number of hydrogen-bond acceptors (Lipinski definition) is 6. The number of carbonyl (C=O) groups is 3. The van der Waals surface area contributed by atoms with E-state index < -0.39 is 35.3 Å². The standard InChI is InChI=1S/C28H32N2O6/c1-15-12-18(13-16(2)24(15)32)23-21-22(26(34)30(25(21)33)19-6-4-3-5-7-19)28(29-23,27(35)36)14-17-8-10-20(31)11-9-17/h8-13,19,21-23,29,31-32H,3-7,14H2,1-2H3,(H,35,36). The minimum Gasteiger partial charge on any atom is -0.508 e. The number of phenolic OH excluding ortho intramolecular Hbond substituents is 2. The Morgan fingerprint density at radius 2 is 1.61 bits per heavy atom. The Balaban J connectivity index is 1.63. The number of imide groups is 1. The number of likely N-dealkylation sites (tertiary alicyclic amines) is 1. The molecule has 0 radical (unpaired) electrons. The number of nitrogens with zero attached hydrogens (tertiary/aromatic N) is 1. The maximum atomic E-state index is 13.9. The summed E-state index contributed by atoms with van der Waals surface area (Å²) in [5.41, 5.74) is 0.850. The molecule has 2 aromatic rings. The first-order chi connectivity index (χ1) is 17.1. The van der Waals surface area contributed by atoms with E-state index in [1.807, 2.05) is 0 Å². The van der Waals surface area contributed by atoms with Crippen molar-refractivity contribution < 1.29 is 29.7 Å². The van der Waals surface area contributed by atoms with Crippen LogP contribution in [-0.4, -0.2) is 49.6 Å². The summed E-state index contributed by atoms with van der Waals surface area (Å²) < 4.78 is 0. The van der Waals surface area contributed by atoms with Crippen molar-refractivity contribution >= 4 is 17.8 Å². The zero-order valence-corrected chi connectivity index (χ0v) is 20.5. The highest BCUT2D eigenvalue weighted by atomic mass is 16.4. The Morgan fingerprint density at radius 1 is 1.00 bits per heavy atom. The van der Waals surface area contributed by atoms with E-state index in [2.05, 4.69) is 5.32 Å². The average molecular weight is 493 g/mol. The first kappa shape index (κ1) is 24.3. The van der Waals surface area contributed by atoms with Crippen LogP contribution in [0.2, 0.25) is 0 Å². The van der Waals surface area contributed by atoms with Gasteiger partial charge in [-0.3, -0.25) is 24.6 Å². The molecule has 3 fully saturated rings. The zero-order chi connectivity index (χ0) is 25.8. The lowest BCUT2D eigenvalue weighted by Gasteiger charge is -2.34. The van der Waals surface area contributed by atoms with E-state index in [4.69, 9.17) is 0 Å². The van der Waals surface area contributed by atoms with Crippen LogP contribution in [0.4, 0.5) is 0 Å². The van der Waals surface area contributed by atoms with Crippen LogP contribution < -0.4 is 5.32 Å². The van der Waals surface area contributed by atoms with Crippen LogP contribution in [0.15, 0.2) is 36.4 Å². The van der Waals surface area contributed by atoms with E-state index >= 15 is 0 Å². The van der Waals surface area contributed by atoms with Gasteiger partial charge in [-0.25, -0.2) is 0 Å². The van der Waals surface area contributed by atoms with Gasteiger partial charge in [0.1, 0.15) is 17.0 Å². The van der Waals surface area contributed by atoms with Crippen molar-refractivity contribution in [3.63, 3.8) is 0 Å². The average Bonchev–Trinajstić information content (AvgIpc) is 3.33. The van der Waals surface area contributed by atoms with Crippen LogP contribution in [0, 0.1) is 25.7 Å². The van der Waals surface area contributed by atoms with E-state index in [0.29, 0.717) is 22.3 Å².